The van der Waals surface area contributed by atoms with Crippen molar-refractivity contribution < 1.29 is 0 Å². The topological polar surface area (TPSA) is 75.2 Å². The second-order valence-electron chi connectivity index (χ2n) is 8.22. The van der Waals surface area contributed by atoms with Gasteiger partial charge in [-0.15, -0.1) is 0 Å². The van der Waals surface area contributed by atoms with Crippen molar-refractivity contribution in [1.29, 1.82) is 0 Å². The number of rotatable bonds is 0. The van der Waals surface area contributed by atoms with Crippen LogP contribution in [0.15, 0.2) is 56.4 Å². The van der Waals surface area contributed by atoms with Gasteiger partial charge in [-0.1, -0.05) is 12.1 Å². The van der Waals surface area contributed by atoms with E-state index in [1.165, 1.54) is 0 Å². The van der Waals surface area contributed by atoms with Gasteiger partial charge in [0.2, 0.25) is 0 Å². The van der Waals surface area contributed by atoms with Crippen LogP contribution in [-0.2, 0) is 0 Å². The first-order valence-electron chi connectivity index (χ1n) is 10.9. The van der Waals surface area contributed by atoms with Crippen LogP contribution in [0.4, 0.5) is 0 Å². The molecule has 2 fully saturated rings. The third kappa shape index (κ3) is 4.42. The molecule has 6 nitrogen and oxygen atoms in total. The Morgan fingerprint density at radius 1 is 0.467 bits per heavy atom. The number of aliphatic imine (C=N–C) groups is 4. The second kappa shape index (κ2) is 8.78. The summed E-state index contributed by atoms with van der Waals surface area (Å²) in [7, 11) is 0. The van der Waals surface area contributed by atoms with Crippen LogP contribution in [0.3, 0.4) is 0 Å². The Balaban J connectivity index is 1.50. The van der Waals surface area contributed by atoms with Crippen LogP contribution >= 0.6 is 0 Å². The molecule has 152 valence electrons. The molecule has 0 N–H and O–H groups in total. The average molecular weight is 399 g/mol. The highest BCUT2D eigenvalue weighted by molar-refractivity contribution is 5.83. The van der Waals surface area contributed by atoms with Gasteiger partial charge in [-0.3, -0.25) is 20.0 Å². The molecule has 4 atom stereocenters. The second-order valence-corrected chi connectivity index (χ2v) is 8.22. The molecule has 4 bridgehead atoms. The maximum atomic E-state index is 4.82. The van der Waals surface area contributed by atoms with Gasteiger partial charge in [0.25, 0.3) is 0 Å². The zero-order valence-corrected chi connectivity index (χ0v) is 17.0. The summed E-state index contributed by atoms with van der Waals surface area (Å²) in [5.41, 5.74) is 3.46. The van der Waals surface area contributed by atoms with Crippen molar-refractivity contribution in [2.24, 2.45) is 20.0 Å². The molecule has 0 spiro atoms. The summed E-state index contributed by atoms with van der Waals surface area (Å²) in [4.78, 5) is 28.7. The number of hydrogen-bond donors (Lipinski definition) is 0. The van der Waals surface area contributed by atoms with Crippen LogP contribution in [0.5, 0.6) is 0 Å². The molecule has 2 aromatic heterocycles. The monoisotopic (exact) mass is 398 g/mol. The number of nitrogens with zero attached hydrogens (tertiary/aromatic N) is 6. The van der Waals surface area contributed by atoms with Gasteiger partial charge in [0, 0.05) is 24.9 Å². The van der Waals surface area contributed by atoms with Crippen molar-refractivity contribution in [3.63, 3.8) is 0 Å². The van der Waals surface area contributed by atoms with Crippen LogP contribution in [0.25, 0.3) is 0 Å². The van der Waals surface area contributed by atoms with Gasteiger partial charge in [0.1, 0.15) is 0 Å². The minimum atomic E-state index is 0.197. The number of fused-ring (bicyclic) bond motifs is 6. The fraction of sp³-hybridized carbons (Fsp3) is 0.417. The van der Waals surface area contributed by atoms with Gasteiger partial charge in [0.15, 0.2) is 0 Å². The molecule has 5 rings (SSSR count). The van der Waals surface area contributed by atoms with Crippen molar-refractivity contribution in [2.75, 3.05) is 0 Å². The summed E-state index contributed by atoms with van der Waals surface area (Å²) in [6, 6.07) is 12.8. The zero-order chi connectivity index (χ0) is 20.2. The van der Waals surface area contributed by atoms with E-state index >= 15 is 0 Å². The normalized spacial score (nSPS) is 28.0. The fourth-order valence-electron chi connectivity index (χ4n) is 4.45. The third-order valence-corrected chi connectivity index (χ3v) is 6.07. The number of pyridine rings is 2. The first-order chi connectivity index (χ1) is 14.8. The van der Waals surface area contributed by atoms with Gasteiger partial charge >= 0.3 is 0 Å². The van der Waals surface area contributed by atoms with Crippen molar-refractivity contribution in [2.45, 2.75) is 62.7 Å². The molecule has 2 aliphatic carbocycles. The highest BCUT2D eigenvalue weighted by atomic mass is 14.9. The molecule has 0 aromatic carbocycles. The predicted octanol–water partition coefficient (Wildman–Crippen LogP) is 3.71. The molecule has 0 radical (unpaired) electrons. The van der Waals surface area contributed by atoms with E-state index in [9.17, 15) is 0 Å². The number of hydrogen-bond acceptors (Lipinski definition) is 6. The standard InChI is InChI=1S/C24H26N6/c1-5-17-13-25-21-9-3-11-23(21)27-15-19-7-2-8-20(30-19)16-28-24-12-4-10-22(24)26-14-18(6-1)29-17/h1-2,5-8,13-16,21-24H,3-4,9-12H2/t21-,22-,23-,24-/m0/s1. The molecule has 0 amide bonds. The molecule has 6 heteroatoms. The van der Waals surface area contributed by atoms with E-state index in [0.717, 1.165) is 61.3 Å². The summed E-state index contributed by atoms with van der Waals surface area (Å²) in [6.45, 7) is 0. The molecule has 3 heterocycles. The lowest BCUT2D eigenvalue weighted by atomic mass is 10.2. The van der Waals surface area contributed by atoms with E-state index in [1.807, 2.05) is 61.3 Å². The van der Waals surface area contributed by atoms with Gasteiger partial charge in [-0.2, -0.15) is 0 Å². The molecule has 1 aliphatic heterocycles. The molecule has 2 aromatic rings. The Bertz CT molecular complexity index is 856. The lowest BCUT2D eigenvalue weighted by molar-refractivity contribution is 0.611. The van der Waals surface area contributed by atoms with E-state index < -0.39 is 0 Å². The van der Waals surface area contributed by atoms with Crippen molar-refractivity contribution >= 4 is 24.9 Å². The van der Waals surface area contributed by atoms with Crippen molar-refractivity contribution in [3.05, 3.63) is 59.2 Å². The number of aromatic nitrogens is 2. The molecular formula is C24H26N6. The van der Waals surface area contributed by atoms with Crippen molar-refractivity contribution in [3.8, 4) is 0 Å². The van der Waals surface area contributed by atoms with E-state index in [4.69, 9.17) is 29.9 Å². The highest BCUT2D eigenvalue weighted by Crippen LogP contribution is 2.26. The maximum Gasteiger partial charge on any atom is 0.0815 e. The molecule has 2 saturated carbocycles. The Kier molecular flexibility index (Phi) is 5.55. The van der Waals surface area contributed by atoms with Gasteiger partial charge in [-0.25, -0.2) is 9.97 Å². The van der Waals surface area contributed by atoms with Gasteiger partial charge in [-0.05, 0) is 62.8 Å². The summed E-state index contributed by atoms with van der Waals surface area (Å²) < 4.78 is 0. The lowest BCUT2D eigenvalue weighted by Gasteiger charge is -2.12. The quantitative estimate of drug-likeness (QED) is 0.678. The van der Waals surface area contributed by atoms with Crippen LogP contribution in [0.1, 0.15) is 61.3 Å². The SMILES string of the molecule is C1=N[C@H]2CCC[C@@H]2N=Cc2cccc(n2)C=N[C@H]2CCC[C@@H]2N=Cc2cccc1n2. The molecule has 3 aliphatic rings. The van der Waals surface area contributed by atoms with E-state index in [2.05, 4.69) is 0 Å². The van der Waals surface area contributed by atoms with Gasteiger partial charge < -0.3 is 0 Å². The Hall–Kier alpha value is -3.02. The summed E-state index contributed by atoms with van der Waals surface area (Å²) >= 11 is 0. The van der Waals surface area contributed by atoms with E-state index in [1.54, 1.807) is 0 Å². The Labute approximate surface area is 177 Å². The van der Waals surface area contributed by atoms with Crippen LogP contribution < -0.4 is 0 Å². The minimum Gasteiger partial charge on any atom is -0.285 e. The predicted molar refractivity (Wildman–Crippen MR) is 122 cm³/mol. The smallest absolute Gasteiger partial charge is 0.0815 e. The average Bonchev–Trinajstić information content (AvgIpc) is 3.42. The summed E-state index contributed by atoms with van der Waals surface area (Å²) in [6.07, 6.45) is 14.1. The highest BCUT2D eigenvalue weighted by Gasteiger charge is 2.26. The first kappa shape index (κ1) is 19.0. The largest absolute Gasteiger partial charge is 0.285 e. The third-order valence-electron chi connectivity index (χ3n) is 6.07. The van der Waals surface area contributed by atoms with Crippen LogP contribution in [-0.4, -0.2) is 59.0 Å². The molecule has 30 heavy (non-hydrogen) atoms. The summed E-state index contributed by atoms with van der Waals surface area (Å²) in [5.74, 6) is 0. The van der Waals surface area contributed by atoms with Crippen molar-refractivity contribution in [1.82, 2.24) is 9.97 Å². The summed E-state index contributed by atoms with van der Waals surface area (Å²) in [5, 5.41) is 0. The Morgan fingerprint density at radius 3 is 1.07 bits per heavy atom. The lowest BCUT2D eigenvalue weighted by Crippen LogP contribution is -2.17. The van der Waals surface area contributed by atoms with E-state index in [0.29, 0.717) is 0 Å². The van der Waals surface area contributed by atoms with Crippen LogP contribution in [0.2, 0.25) is 0 Å². The van der Waals surface area contributed by atoms with Gasteiger partial charge in [0.05, 0.1) is 46.9 Å². The Morgan fingerprint density at radius 2 is 0.767 bits per heavy atom. The van der Waals surface area contributed by atoms with E-state index in [-0.39, 0.29) is 24.2 Å². The zero-order valence-electron chi connectivity index (χ0n) is 17.0. The first-order valence-corrected chi connectivity index (χ1v) is 10.9. The molecular weight excluding hydrogens is 372 g/mol. The van der Waals surface area contributed by atoms with Crippen LogP contribution in [0, 0.1) is 0 Å². The fourth-order valence-corrected chi connectivity index (χ4v) is 4.45. The molecule has 0 unspecified atom stereocenters. The maximum absolute atomic E-state index is 4.82. The molecule has 0 saturated heterocycles. The minimum absolute atomic E-state index is 0.197.